The third-order valence-electron chi connectivity index (χ3n) is 3.65. The molecule has 120 valence electrons. The molecule has 0 aliphatic carbocycles. The number of hydrogen-bond donors (Lipinski definition) is 1. The minimum Gasteiger partial charge on any atom is -0.379 e. The Morgan fingerprint density at radius 2 is 2.39 bits per heavy atom. The number of ether oxygens (including phenoxy) is 1. The quantitative estimate of drug-likeness (QED) is 0.848. The van der Waals surface area contributed by atoms with E-state index < -0.39 is 0 Å². The maximum Gasteiger partial charge on any atom is 0.274 e. The Hall–Kier alpha value is -2.61. The summed E-state index contributed by atoms with van der Waals surface area (Å²) in [5, 5.41) is 7.61. The molecule has 0 bridgehead atoms. The fourth-order valence-electron chi connectivity index (χ4n) is 2.58. The molecule has 1 aliphatic rings. The highest BCUT2D eigenvalue weighted by molar-refractivity contribution is 5.92. The summed E-state index contributed by atoms with van der Waals surface area (Å²) in [6.45, 7) is 2.04. The highest BCUT2D eigenvalue weighted by Gasteiger charge is 2.24. The Labute approximate surface area is 132 Å². The highest BCUT2D eigenvalue weighted by atomic mass is 16.5. The number of H-pyrrole nitrogens is 1. The number of hydrogen-bond acceptors (Lipinski definition) is 6. The van der Waals surface area contributed by atoms with Gasteiger partial charge < -0.3 is 14.6 Å². The lowest BCUT2D eigenvalue weighted by molar-refractivity contribution is 0.0730. The summed E-state index contributed by atoms with van der Waals surface area (Å²) in [6, 6.07) is 4.81. The van der Waals surface area contributed by atoms with Crippen LogP contribution in [0.5, 0.6) is 0 Å². The van der Waals surface area contributed by atoms with Crippen molar-refractivity contribution in [1.29, 1.82) is 0 Å². The van der Waals surface area contributed by atoms with Crippen LogP contribution in [0.25, 0.3) is 0 Å². The number of nitrogens with one attached hydrogen (secondary N) is 1. The molecule has 0 saturated carbocycles. The van der Waals surface area contributed by atoms with Crippen LogP contribution in [0.4, 0.5) is 0 Å². The van der Waals surface area contributed by atoms with E-state index >= 15 is 0 Å². The summed E-state index contributed by atoms with van der Waals surface area (Å²) in [5.74, 6) is -0.0834. The molecule has 1 amide bonds. The number of aromatic nitrogens is 4. The van der Waals surface area contributed by atoms with Gasteiger partial charge in [0.2, 0.25) is 0 Å². The van der Waals surface area contributed by atoms with E-state index in [1.807, 2.05) is 0 Å². The minimum atomic E-state index is -0.183. The first kappa shape index (κ1) is 15.3. The Balaban J connectivity index is 1.71. The SMILES string of the molecule is O=C(c1cccnn1)N1CCOCC(Cc2cc(=O)[nH]cn2)C1. The van der Waals surface area contributed by atoms with Crippen molar-refractivity contribution in [1.82, 2.24) is 25.1 Å². The number of aromatic amines is 1. The zero-order valence-electron chi connectivity index (χ0n) is 12.5. The van der Waals surface area contributed by atoms with E-state index in [4.69, 9.17) is 4.74 Å². The maximum atomic E-state index is 12.5. The lowest BCUT2D eigenvalue weighted by atomic mass is 10.0. The maximum absolute atomic E-state index is 12.5. The van der Waals surface area contributed by atoms with Crippen LogP contribution < -0.4 is 5.56 Å². The molecule has 8 nitrogen and oxygen atoms in total. The summed E-state index contributed by atoms with van der Waals surface area (Å²) in [7, 11) is 0. The highest BCUT2D eigenvalue weighted by Crippen LogP contribution is 2.13. The first-order chi connectivity index (χ1) is 11.2. The van der Waals surface area contributed by atoms with Gasteiger partial charge in [-0.2, -0.15) is 5.10 Å². The van der Waals surface area contributed by atoms with E-state index in [0.717, 1.165) is 0 Å². The predicted molar refractivity (Wildman–Crippen MR) is 80.8 cm³/mol. The van der Waals surface area contributed by atoms with Crippen molar-refractivity contribution in [3.05, 3.63) is 52.5 Å². The zero-order chi connectivity index (χ0) is 16.1. The van der Waals surface area contributed by atoms with Crippen LogP contribution in [0.1, 0.15) is 16.2 Å². The van der Waals surface area contributed by atoms with E-state index in [-0.39, 0.29) is 17.4 Å². The predicted octanol–water partition coefficient (Wildman–Crippen LogP) is -0.109. The average molecular weight is 315 g/mol. The summed E-state index contributed by atoms with van der Waals surface area (Å²) < 4.78 is 5.58. The van der Waals surface area contributed by atoms with Crippen LogP contribution in [-0.4, -0.2) is 57.3 Å². The standard InChI is InChI=1S/C15H17N5O3/c21-14-7-12(16-10-17-14)6-11-8-20(4-5-23-9-11)15(22)13-2-1-3-18-19-13/h1-3,7,10-11H,4-6,8-9H2,(H,16,17,21). The molecule has 1 N–H and O–H groups in total. The van der Waals surface area contributed by atoms with Crippen molar-refractivity contribution in [2.75, 3.05) is 26.3 Å². The number of amides is 1. The normalized spacial score (nSPS) is 18.4. The van der Waals surface area contributed by atoms with Crippen molar-refractivity contribution < 1.29 is 9.53 Å². The van der Waals surface area contributed by atoms with Crippen molar-refractivity contribution in [3.8, 4) is 0 Å². The Morgan fingerprint density at radius 3 is 3.17 bits per heavy atom. The molecule has 0 radical (unpaired) electrons. The number of rotatable bonds is 3. The molecule has 2 aromatic heterocycles. The van der Waals surface area contributed by atoms with Crippen LogP contribution in [0.15, 0.2) is 35.5 Å². The minimum absolute atomic E-state index is 0.0763. The molecule has 1 aliphatic heterocycles. The van der Waals surface area contributed by atoms with Gasteiger partial charge in [-0.05, 0) is 18.6 Å². The monoisotopic (exact) mass is 315 g/mol. The van der Waals surface area contributed by atoms with Gasteiger partial charge in [0.15, 0.2) is 5.69 Å². The van der Waals surface area contributed by atoms with Crippen molar-refractivity contribution in [2.24, 2.45) is 5.92 Å². The number of carbonyl (C=O) groups is 1. The van der Waals surface area contributed by atoms with Gasteiger partial charge in [0, 0.05) is 37.0 Å². The van der Waals surface area contributed by atoms with Crippen LogP contribution in [0, 0.1) is 5.92 Å². The summed E-state index contributed by atoms with van der Waals surface area (Å²) in [5.41, 5.74) is 0.829. The zero-order valence-corrected chi connectivity index (χ0v) is 12.5. The van der Waals surface area contributed by atoms with E-state index in [9.17, 15) is 9.59 Å². The van der Waals surface area contributed by atoms with Gasteiger partial charge in [0.1, 0.15) is 0 Å². The lowest BCUT2D eigenvalue weighted by Gasteiger charge is -2.22. The molecule has 1 fully saturated rings. The molecule has 2 aromatic rings. The summed E-state index contributed by atoms with van der Waals surface area (Å²) >= 11 is 0. The van der Waals surface area contributed by atoms with Crippen LogP contribution >= 0.6 is 0 Å². The van der Waals surface area contributed by atoms with Gasteiger partial charge in [-0.1, -0.05) is 0 Å². The Bertz CT molecular complexity index is 718. The van der Waals surface area contributed by atoms with E-state index in [2.05, 4.69) is 20.2 Å². The van der Waals surface area contributed by atoms with Gasteiger partial charge in [-0.15, -0.1) is 5.10 Å². The topological polar surface area (TPSA) is 101 Å². The smallest absolute Gasteiger partial charge is 0.274 e. The molecule has 1 atom stereocenters. The lowest BCUT2D eigenvalue weighted by Crippen LogP contribution is -2.37. The molecule has 3 rings (SSSR count). The molecular formula is C15H17N5O3. The first-order valence-corrected chi connectivity index (χ1v) is 7.40. The molecule has 0 aromatic carbocycles. The molecular weight excluding hydrogens is 298 g/mol. The first-order valence-electron chi connectivity index (χ1n) is 7.40. The average Bonchev–Trinajstić information content (AvgIpc) is 2.80. The van der Waals surface area contributed by atoms with Crippen LogP contribution in [0.2, 0.25) is 0 Å². The number of nitrogens with zero attached hydrogens (tertiary/aromatic N) is 4. The second kappa shape index (κ2) is 7.10. The second-order valence-electron chi connectivity index (χ2n) is 5.41. The second-order valence-corrected chi connectivity index (χ2v) is 5.41. The third kappa shape index (κ3) is 3.98. The molecule has 23 heavy (non-hydrogen) atoms. The summed E-state index contributed by atoms with van der Waals surface area (Å²) in [4.78, 5) is 32.2. The summed E-state index contributed by atoms with van der Waals surface area (Å²) in [6.07, 6.45) is 3.50. The molecule has 8 heteroatoms. The van der Waals surface area contributed by atoms with Crippen LogP contribution in [-0.2, 0) is 11.2 Å². The Kier molecular flexibility index (Phi) is 4.72. The van der Waals surface area contributed by atoms with Gasteiger partial charge in [0.05, 0.1) is 19.5 Å². The van der Waals surface area contributed by atoms with E-state index in [0.29, 0.717) is 44.1 Å². The Morgan fingerprint density at radius 1 is 1.48 bits per heavy atom. The van der Waals surface area contributed by atoms with Crippen molar-refractivity contribution >= 4 is 5.91 Å². The largest absolute Gasteiger partial charge is 0.379 e. The van der Waals surface area contributed by atoms with Gasteiger partial charge in [0.25, 0.3) is 11.5 Å². The molecule has 1 unspecified atom stereocenters. The molecule has 1 saturated heterocycles. The van der Waals surface area contributed by atoms with Gasteiger partial charge >= 0.3 is 0 Å². The van der Waals surface area contributed by atoms with E-state index in [1.54, 1.807) is 17.0 Å². The molecule has 3 heterocycles. The van der Waals surface area contributed by atoms with Gasteiger partial charge in [-0.3, -0.25) is 9.59 Å². The fraction of sp³-hybridized carbons (Fsp3) is 0.400. The van der Waals surface area contributed by atoms with E-state index in [1.165, 1.54) is 18.6 Å². The van der Waals surface area contributed by atoms with Gasteiger partial charge in [-0.25, -0.2) is 4.98 Å². The van der Waals surface area contributed by atoms with Crippen molar-refractivity contribution in [2.45, 2.75) is 6.42 Å². The molecule has 0 spiro atoms. The third-order valence-corrected chi connectivity index (χ3v) is 3.65. The fourth-order valence-corrected chi connectivity index (χ4v) is 2.58. The van der Waals surface area contributed by atoms with Crippen LogP contribution in [0.3, 0.4) is 0 Å². The number of carbonyl (C=O) groups excluding carboxylic acids is 1. The van der Waals surface area contributed by atoms with Crippen molar-refractivity contribution in [3.63, 3.8) is 0 Å².